The maximum atomic E-state index is 12.1. The summed E-state index contributed by atoms with van der Waals surface area (Å²) in [6.07, 6.45) is -4.00. The van der Waals surface area contributed by atoms with Gasteiger partial charge < -0.3 is 0 Å². The first-order chi connectivity index (χ1) is 17.9. The third kappa shape index (κ3) is 7.50. The van der Waals surface area contributed by atoms with Gasteiger partial charge in [-0.25, -0.2) is 0 Å². The van der Waals surface area contributed by atoms with Crippen molar-refractivity contribution in [2.24, 2.45) is 5.41 Å². The maximum absolute atomic E-state index is 12.1. The summed E-state index contributed by atoms with van der Waals surface area (Å²) >= 11 is -8.44. The van der Waals surface area contributed by atoms with Crippen LogP contribution in [0.5, 0.6) is 0 Å². The van der Waals surface area contributed by atoms with Crippen LogP contribution in [-0.2, 0) is 46.6 Å². The molecule has 12 heteroatoms. The highest BCUT2D eigenvalue weighted by Gasteiger charge is 2.54. The Morgan fingerprint density at radius 2 is 0.737 bits per heavy atom. The molecule has 206 valence electrons. The number of benzene rings is 3. The van der Waals surface area contributed by atoms with E-state index in [1.165, 1.54) is 0 Å². The Hall–Kier alpha value is -2.13. The lowest BCUT2D eigenvalue weighted by atomic mass is 9.68. The standard InChI is InChI=1S/C26H30O9S3/c1-17-5-11-20(12-6-17)23(33-36(27)28)26(4,24(34-37(29)30)21-13-7-18(2)8-14-21)25(35-38(31)32)22-15-9-19(3)10-16-22/h5-16,23-25H,1-4H3,(H,27,28)(H,29,30)(H,31,32). The van der Waals surface area contributed by atoms with Gasteiger partial charge >= 0.3 is 34.1 Å². The Morgan fingerprint density at radius 3 is 0.921 bits per heavy atom. The molecule has 0 saturated carbocycles. The van der Waals surface area contributed by atoms with E-state index in [1.807, 2.05) is 20.8 Å². The van der Waals surface area contributed by atoms with E-state index in [-0.39, 0.29) is 0 Å². The molecule has 3 rings (SSSR count). The van der Waals surface area contributed by atoms with Gasteiger partial charge in [0, 0.05) is 0 Å². The van der Waals surface area contributed by atoms with Crippen molar-refractivity contribution < 1.29 is 38.8 Å². The molecule has 3 N–H and O–H groups in total. The summed E-state index contributed by atoms with van der Waals surface area (Å²) in [6, 6.07) is 20.7. The quantitative estimate of drug-likeness (QED) is 0.233. The number of aryl methyl sites for hydroxylation is 3. The molecule has 3 aromatic rings. The van der Waals surface area contributed by atoms with Crippen LogP contribution in [0.1, 0.15) is 58.6 Å². The van der Waals surface area contributed by atoms with Crippen molar-refractivity contribution in [3.63, 3.8) is 0 Å². The van der Waals surface area contributed by atoms with Gasteiger partial charge in [0.1, 0.15) is 18.3 Å². The van der Waals surface area contributed by atoms with Crippen LogP contribution in [0.4, 0.5) is 0 Å². The van der Waals surface area contributed by atoms with E-state index in [0.29, 0.717) is 16.7 Å². The molecule has 6 unspecified atom stereocenters. The Morgan fingerprint density at radius 1 is 0.526 bits per heavy atom. The van der Waals surface area contributed by atoms with Crippen LogP contribution in [0.15, 0.2) is 72.8 Å². The summed E-state index contributed by atoms with van der Waals surface area (Å²) in [6.45, 7) is 7.15. The van der Waals surface area contributed by atoms with Gasteiger partial charge in [0.15, 0.2) is 0 Å². The molecule has 0 fully saturated rings. The van der Waals surface area contributed by atoms with Gasteiger partial charge in [-0.05, 0) is 37.5 Å². The van der Waals surface area contributed by atoms with E-state index in [1.54, 1.807) is 79.7 Å². The van der Waals surface area contributed by atoms with Crippen LogP contribution >= 0.6 is 0 Å². The van der Waals surface area contributed by atoms with Gasteiger partial charge in [-0.2, -0.15) is 12.6 Å². The number of rotatable bonds is 12. The van der Waals surface area contributed by atoms with Crippen LogP contribution in [-0.4, -0.2) is 26.3 Å². The van der Waals surface area contributed by atoms with Crippen molar-refractivity contribution in [3.8, 4) is 0 Å². The molecule has 0 saturated heterocycles. The molecule has 0 radical (unpaired) electrons. The van der Waals surface area contributed by atoms with Gasteiger partial charge in [0.05, 0.1) is 5.41 Å². The SMILES string of the molecule is Cc1ccc(C(OS(=O)O)C(C)(C(OS(=O)O)c2ccc(C)cc2)C(OS(=O)O)c2ccc(C)cc2)cc1. The smallest absolute Gasteiger partial charge is 0.284 e. The number of hydrogen-bond donors (Lipinski definition) is 3. The summed E-state index contributed by atoms with van der Waals surface area (Å²) in [5.41, 5.74) is 2.27. The molecule has 0 heterocycles. The summed E-state index contributed by atoms with van der Waals surface area (Å²) in [5, 5.41) is 0. The van der Waals surface area contributed by atoms with Crippen molar-refractivity contribution in [2.45, 2.75) is 46.0 Å². The molecular formula is C26H30O9S3. The first kappa shape index (κ1) is 30.4. The fourth-order valence-corrected chi connectivity index (χ4v) is 5.89. The molecule has 38 heavy (non-hydrogen) atoms. The summed E-state index contributed by atoms with van der Waals surface area (Å²) < 4.78 is 82.8. The van der Waals surface area contributed by atoms with E-state index >= 15 is 0 Å². The topological polar surface area (TPSA) is 140 Å². The first-order valence-electron chi connectivity index (χ1n) is 11.5. The molecule has 0 aliphatic rings. The van der Waals surface area contributed by atoms with E-state index in [0.717, 1.165) is 16.7 Å². The predicted molar refractivity (Wildman–Crippen MR) is 145 cm³/mol. The summed E-state index contributed by atoms with van der Waals surface area (Å²) in [7, 11) is 0. The monoisotopic (exact) mass is 582 g/mol. The number of hydrogen-bond acceptors (Lipinski definition) is 6. The maximum Gasteiger partial charge on any atom is 0.302 e. The predicted octanol–water partition coefficient (Wildman–Crippen LogP) is 5.60. The lowest BCUT2D eigenvalue weighted by molar-refractivity contribution is -0.103. The van der Waals surface area contributed by atoms with E-state index in [9.17, 15) is 26.3 Å². The van der Waals surface area contributed by atoms with Crippen LogP contribution in [0.2, 0.25) is 0 Å². The third-order valence-electron chi connectivity index (χ3n) is 6.37. The van der Waals surface area contributed by atoms with Gasteiger partial charge in [0.25, 0.3) is 0 Å². The highest BCUT2D eigenvalue weighted by molar-refractivity contribution is 7.74. The molecule has 0 aliphatic carbocycles. The second-order valence-corrected chi connectivity index (χ2v) is 11.1. The minimum atomic E-state index is -2.81. The summed E-state index contributed by atoms with van der Waals surface area (Å²) in [5.74, 6) is 0. The molecule has 0 spiro atoms. The largest absolute Gasteiger partial charge is 0.302 e. The van der Waals surface area contributed by atoms with Crippen molar-refractivity contribution in [1.29, 1.82) is 0 Å². The molecule has 9 nitrogen and oxygen atoms in total. The average Bonchev–Trinajstić information content (AvgIpc) is 2.85. The lowest BCUT2D eigenvalue weighted by Crippen LogP contribution is -2.42. The Labute approximate surface area is 230 Å². The minimum absolute atomic E-state index is 0.411. The zero-order valence-electron chi connectivity index (χ0n) is 21.2. The fourth-order valence-electron chi connectivity index (χ4n) is 4.44. The van der Waals surface area contributed by atoms with Crippen molar-refractivity contribution in [2.75, 3.05) is 0 Å². The zero-order chi connectivity index (χ0) is 28.0. The second kappa shape index (κ2) is 13.3. The lowest BCUT2D eigenvalue weighted by Gasteiger charge is -2.46. The minimum Gasteiger partial charge on any atom is -0.284 e. The third-order valence-corrected chi connectivity index (χ3v) is 7.44. The van der Waals surface area contributed by atoms with E-state index in [4.69, 9.17) is 12.5 Å². The summed E-state index contributed by atoms with van der Waals surface area (Å²) in [4.78, 5) is 0. The van der Waals surface area contributed by atoms with Crippen molar-refractivity contribution >= 4 is 34.1 Å². The fraction of sp³-hybridized carbons (Fsp3) is 0.308. The molecule has 0 amide bonds. The highest BCUT2D eigenvalue weighted by atomic mass is 32.2. The van der Waals surface area contributed by atoms with Crippen molar-refractivity contribution in [3.05, 3.63) is 106 Å². The van der Waals surface area contributed by atoms with Gasteiger partial charge in [0.2, 0.25) is 0 Å². The van der Waals surface area contributed by atoms with E-state index < -0.39 is 57.8 Å². The molecular weight excluding hydrogens is 552 g/mol. The van der Waals surface area contributed by atoms with Crippen molar-refractivity contribution in [1.82, 2.24) is 0 Å². The Kier molecular flexibility index (Phi) is 10.6. The molecule has 0 bridgehead atoms. The van der Waals surface area contributed by atoms with Crippen LogP contribution in [0.3, 0.4) is 0 Å². The highest BCUT2D eigenvalue weighted by Crippen LogP contribution is 2.57. The molecule has 0 aromatic heterocycles. The second-order valence-electron chi connectivity index (χ2n) is 9.18. The van der Waals surface area contributed by atoms with E-state index in [2.05, 4.69) is 0 Å². The molecule has 6 atom stereocenters. The van der Waals surface area contributed by atoms with Gasteiger partial charge in [-0.15, -0.1) is 0 Å². The van der Waals surface area contributed by atoms with Gasteiger partial charge in [-0.1, -0.05) is 96.4 Å². The molecule has 0 aliphatic heterocycles. The zero-order valence-corrected chi connectivity index (χ0v) is 23.6. The van der Waals surface area contributed by atoms with Crippen LogP contribution in [0.25, 0.3) is 0 Å². The Balaban J connectivity index is 2.40. The van der Waals surface area contributed by atoms with Crippen LogP contribution in [0, 0.1) is 26.2 Å². The first-order valence-corrected chi connectivity index (χ1v) is 14.5. The molecule has 3 aromatic carbocycles. The van der Waals surface area contributed by atoms with Gasteiger partial charge in [-0.3, -0.25) is 26.2 Å². The van der Waals surface area contributed by atoms with Crippen LogP contribution < -0.4 is 0 Å². The Bertz CT molecular complexity index is 1120. The average molecular weight is 583 g/mol. The normalized spacial score (nSPS) is 18.1.